The minimum atomic E-state index is -1.04. The van der Waals surface area contributed by atoms with Gasteiger partial charge in [0.25, 0.3) is 0 Å². The van der Waals surface area contributed by atoms with E-state index in [2.05, 4.69) is 42.2 Å². The van der Waals surface area contributed by atoms with Crippen molar-refractivity contribution in [3.05, 3.63) is 45.1 Å². The third-order valence-corrected chi connectivity index (χ3v) is 3.84. The van der Waals surface area contributed by atoms with E-state index in [0.717, 1.165) is 8.95 Å². The summed E-state index contributed by atoms with van der Waals surface area (Å²) in [7, 11) is 1.56. The molecule has 5 nitrogen and oxygen atoms in total. The molecule has 0 atom stereocenters. The molecule has 2 rings (SSSR count). The quantitative estimate of drug-likeness (QED) is 0.808. The maximum Gasteiger partial charge on any atom is 0.339 e. The third kappa shape index (κ3) is 3.10. The van der Waals surface area contributed by atoms with Gasteiger partial charge in [0.2, 0.25) is 0 Å². The fourth-order valence-corrected chi connectivity index (χ4v) is 2.86. The van der Waals surface area contributed by atoms with Gasteiger partial charge in [0, 0.05) is 22.9 Å². The Kier molecular flexibility index (Phi) is 4.61. The van der Waals surface area contributed by atoms with Crippen LogP contribution in [-0.2, 0) is 0 Å². The summed E-state index contributed by atoms with van der Waals surface area (Å²) in [6, 6.07) is 5.19. The number of nitrogens with zero attached hydrogens (tertiary/aromatic N) is 1. The largest absolute Gasteiger partial charge is 0.495 e. The molecule has 7 heteroatoms. The van der Waals surface area contributed by atoms with Crippen LogP contribution in [0, 0.1) is 0 Å². The first-order valence-electron chi connectivity index (χ1n) is 5.50. The second-order valence-electron chi connectivity index (χ2n) is 3.82. The molecule has 0 aliphatic rings. The van der Waals surface area contributed by atoms with E-state index < -0.39 is 5.97 Å². The maximum atomic E-state index is 11.2. The molecule has 0 saturated heterocycles. The van der Waals surface area contributed by atoms with Crippen molar-refractivity contribution in [2.75, 3.05) is 12.4 Å². The van der Waals surface area contributed by atoms with Crippen molar-refractivity contribution in [2.45, 2.75) is 0 Å². The Bertz CT molecular complexity index is 662. The van der Waals surface area contributed by atoms with Gasteiger partial charge in [0.05, 0.1) is 23.0 Å². The Morgan fingerprint density at radius 3 is 2.70 bits per heavy atom. The van der Waals surface area contributed by atoms with E-state index in [1.807, 2.05) is 6.07 Å². The lowest BCUT2D eigenvalue weighted by atomic mass is 10.2. The summed E-state index contributed by atoms with van der Waals surface area (Å²) in [6.07, 6.45) is 2.83. The number of carboxylic acid groups (broad SMARTS) is 1. The number of methoxy groups -OCH3 is 1. The fourth-order valence-electron chi connectivity index (χ4n) is 1.60. The smallest absolute Gasteiger partial charge is 0.339 e. The number of hydrogen-bond donors (Lipinski definition) is 2. The number of ether oxygens (including phenoxy) is 1. The summed E-state index contributed by atoms with van der Waals surface area (Å²) in [6.45, 7) is 0. The van der Waals surface area contributed by atoms with E-state index in [1.165, 1.54) is 12.4 Å². The molecular formula is C13H10Br2N2O3. The zero-order chi connectivity index (χ0) is 14.7. The monoisotopic (exact) mass is 400 g/mol. The van der Waals surface area contributed by atoms with Crippen molar-refractivity contribution >= 4 is 49.2 Å². The Morgan fingerprint density at radius 1 is 1.30 bits per heavy atom. The SMILES string of the molecule is COc1cc(Nc2ccncc2C(=O)O)c(Br)cc1Br. The van der Waals surface area contributed by atoms with Gasteiger partial charge in [-0.05, 0) is 44.0 Å². The second kappa shape index (κ2) is 6.23. The molecule has 1 aromatic carbocycles. The number of aromatic nitrogens is 1. The molecule has 20 heavy (non-hydrogen) atoms. The molecule has 0 spiro atoms. The zero-order valence-electron chi connectivity index (χ0n) is 10.4. The summed E-state index contributed by atoms with van der Waals surface area (Å²) >= 11 is 6.80. The topological polar surface area (TPSA) is 71.5 Å². The first-order valence-corrected chi connectivity index (χ1v) is 7.09. The van der Waals surface area contributed by atoms with Gasteiger partial charge in [0.15, 0.2) is 0 Å². The first-order chi connectivity index (χ1) is 9.52. The number of rotatable bonds is 4. The lowest BCUT2D eigenvalue weighted by Crippen LogP contribution is -2.03. The average molecular weight is 402 g/mol. The summed E-state index contributed by atoms with van der Waals surface area (Å²) in [5.41, 5.74) is 1.25. The van der Waals surface area contributed by atoms with E-state index in [1.54, 1.807) is 19.2 Å². The Morgan fingerprint density at radius 2 is 2.05 bits per heavy atom. The Balaban J connectivity index is 2.42. The first kappa shape index (κ1) is 14.8. The molecule has 1 heterocycles. The molecule has 0 bridgehead atoms. The number of carbonyl (C=O) groups is 1. The molecule has 0 fully saturated rings. The highest BCUT2D eigenvalue weighted by Gasteiger charge is 2.13. The lowest BCUT2D eigenvalue weighted by molar-refractivity contribution is 0.0697. The molecule has 0 aliphatic carbocycles. The van der Waals surface area contributed by atoms with Crippen LogP contribution in [-0.4, -0.2) is 23.2 Å². The molecule has 104 valence electrons. The van der Waals surface area contributed by atoms with Gasteiger partial charge in [0.1, 0.15) is 11.3 Å². The molecule has 0 saturated carbocycles. The number of hydrogen-bond acceptors (Lipinski definition) is 4. The van der Waals surface area contributed by atoms with Gasteiger partial charge in [-0.15, -0.1) is 0 Å². The molecule has 2 N–H and O–H groups in total. The van der Waals surface area contributed by atoms with Gasteiger partial charge in [-0.3, -0.25) is 4.98 Å². The number of aromatic carboxylic acids is 1. The lowest BCUT2D eigenvalue weighted by Gasteiger charge is -2.13. The number of anilines is 2. The molecule has 0 radical (unpaired) electrons. The van der Waals surface area contributed by atoms with Crippen molar-refractivity contribution in [3.63, 3.8) is 0 Å². The molecule has 0 amide bonds. The minimum absolute atomic E-state index is 0.0984. The van der Waals surface area contributed by atoms with E-state index in [0.29, 0.717) is 17.1 Å². The molecule has 0 aliphatic heterocycles. The van der Waals surface area contributed by atoms with Crippen LogP contribution < -0.4 is 10.1 Å². The number of pyridine rings is 1. The normalized spacial score (nSPS) is 10.2. The van der Waals surface area contributed by atoms with Crippen LogP contribution in [0.15, 0.2) is 39.5 Å². The van der Waals surface area contributed by atoms with Crippen LogP contribution in [0.1, 0.15) is 10.4 Å². The van der Waals surface area contributed by atoms with Crippen LogP contribution in [0.2, 0.25) is 0 Å². The van der Waals surface area contributed by atoms with Gasteiger partial charge in [-0.25, -0.2) is 4.79 Å². The van der Waals surface area contributed by atoms with Crippen molar-refractivity contribution in [3.8, 4) is 5.75 Å². The number of halogens is 2. The van der Waals surface area contributed by atoms with Gasteiger partial charge < -0.3 is 15.2 Å². The van der Waals surface area contributed by atoms with Crippen LogP contribution in [0.5, 0.6) is 5.75 Å². The average Bonchev–Trinajstić information content (AvgIpc) is 2.42. The third-order valence-electron chi connectivity index (χ3n) is 2.56. The maximum absolute atomic E-state index is 11.2. The molecular weight excluding hydrogens is 392 g/mol. The highest BCUT2D eigenvalue weighted by Crippen LogP contribution is 2.36. The van der Waals surface area contributed by atoms with Crippen LogP contribution in [0.3, 0.4) is 0 Å². The van der Waals surface area contributed by atoms with E-state index in [-0.39, 0.29) is 5.56 Å². The number of benzene rings is 1. The Labute approximate surface area is 132 Å². The van der Waals surface area contributed by atoms with E-state index in [9.17, 15) is 4.79 Å². The molecule has 2 aromatic rings. The van der Waals surface area contributed by atoms with E-state index >= 15 is 0 Å². The summed E-state index contributed by atoms with van der Waals surface area (Å²) in [5, 5.41) is 12.2. The summed E-state index contributed by atoms with van der Waals surface area (Å²) in [5.74, 6) is -0.401. The van der Waals surface area contributed by atoms with Crippen LogP contribution in [0.25, 0.3) is 0 Å². The van der Waals surface area contributed by atoms with Crippen molar-refractivity contribution < 1.29 is 14.6 Å². The highest BCUT2D eigenvalue weighted by molar-refractivity contribution is 9.11. The van der Waals surface area contributed by atoms with Crippen molar-refractivity contribution in [2.24, 2.45) is 0 Å². The van der Waals surface area contributed by atoms with Crippen molar-refractivity contribution in [1.82, 2.24) is 4.98 Å². The molecule has 0 unspecified atom stereocenters. The van der Waals surface area contributed by atoms with Crippen LogP contribution >= 0.6 is 31.9 Å². The number of carboxylic acids is 1. The summed E-state index contributed by atoms with van der Waals surface area (Å²) < 4.78 is 6.79. The van der Waals surface area contributed by atoms with Crippen molar-refractivity contribution in [1.29, 1.82) is 0 Å². The Hall–Kier alpha value is -1.60. The number of nitrogens with one attached hydrogen (secondary N) is 1. The fraction of sp³-hybridized carbons (Fsp3) is 0.0769. The minimum Gasteiger partial charge on any atom is -0.495 e. The van der Waals surface area contributed by atoms with Gasteiger partial charge in [-0.1, -0.05) is 0 Å². The van der Waals surface area contributed by atoms with Gasteiger partial charge >= 0.3 is 5.97 Å². The van der Waals surface area contributed by atoms with Gasteiger partial charge in [-0.2, -0.15) is 0 Å². The predicted octanol–water partition coefficient (Wildman–Crippen LogP) is 4.06. The second-order valence-corrected chi connectivity index (χ2v) is 5.53. The zero-order valence-corrected chi connectivity index (χ0v) is 13.5. The summed E-state index contributed by atoms with van der Waals surface area (Å²) in [4.78, 5) is 15.0. The predicted molar refractivity (Wildman–Crippen MR) is 82.9 cm³/mol. The van der Waals surface area contributed by atoms with E-state index in [4.69, 9.17) is 9.84 Å². The standard InChI is InChI=1S/C13H10Br2N2O3/c1-20-12-5-11(8(14)4-9(12)15)17-10-2-3-16-6-7(10)13(18)19/h2-6H,1H3,(H,16,17)(H,18,19). The highest BCUT2D eigenvalue weighted by atomic mass is 79.9. The van der Waals surface area contributed by atoms with Crippen LogP contribution in [0.4, 0.5) is 11.4 Å². The molecule has 1 aromatic heterocycles.